The third-order valence-electron chi connectivity index (χ3n) is 2.36. The number of aromatic nitrogens is 1. The summed E-state index contributed by atoms with van der Waals surface area (Å²) in [5, 5.41) is 13.9. The Labute approximate surface area is 114 Å². The van der Waals surface area contributed by atoms with Gasteiger partial charge in [-0.15, -0.1) is 11.3 Å². The third kappa shape index (κ3) is 3.19. The van der Waals surface area contributed by atoms with Gasteiger partial charge in [-0.25, -0.2) is 4.98 Å². The summed E-state index contributed by atoms with van der Waals surface area (Å²) in [6.45, 7) is 1.94. The molecule has 0 aliphatic rings. The zero-order valence-corrected chi connectivity index (χ0v) is 11.5. The Morgan fingerprint density at radius 2 is 2.12 bits per heavy atom. The van der Waals surface area contributed by atoms with Gasteiger partial charge in [0.1, 0.15) is 0 Å². The van der Waals surface area contributed by atoms with Crippen molar-refractivity contribution in [3.8, 4) is 0 Å². The second-order valence-electron chi connectivity index (χ2n) is 3.78. The fourth-order valence-electron chi connectivity index (χ4n) is 1.50. The van der Waals surface area contributed by atoms with Crippen molar-refractivity contribution in [3.63, 3.8) is 0 Å². The number of aryl methyl sites for hydroxylation is 1. The maximum absolute atomic E-state index is 10.1. The number of aliphatic hydroxyl groups excluding tert-OH is 1. The zero-order valence-electron chi connectivity index (χ0n) is 9.15. The van der Waals surface area contributed by atoms with E-state index < -0.39 is 6.10 Å². The molecule has 1 heterocycles. The fraction of sp³-hybridized carbons (Fsp3) is 0.250. The number of aliphatic hydroxyl groups is 1. The Balaban J connectivity index is 2.14. The van der Waals surface area contributed by atoms with Gasteiger partial charge in [-0.2, -0.15) is 0 Å². The highest BCUT2D eigenvalue weighted by Gasteiger charge is 2.12. The van der Waals surface area contributed by atoms with E-state index in [9.17, 15) is 5.11 Å². The second kappa shape index (κ2) is 5.36. The van der Waals surface area contributed by atoms with Crippen molar-refractivity contribution in [1.29, 1.82) is 0 Å². The minimum absolute atomic E-state index is 0.457. The van der Waals surface area contributed by atoms with Crippen LogP contribution in [0.3, 0.4) is 0 Å². The molecule has 1 aromatic heterocycles. The molecule has 2 aromatic rings. The summed E-state index contributed by atoms with van der Waals surface area (Å²) in [7, 11) is 0. The lowest BCUT2D eigenvalue weighted by Crippen LogP contribution is -2.01. The Morgan fingerprint density at radius 1 is 1.35 bits per heavy atom. The molecular weight excluding hydrogens is 277 g/mol. The molecule has 0 aliphatic carbocycles. The molecule has 0 saturated heterocycles. The van der Waals surface area contributed by atoms with E-state index >= 15 is 0 Å². The molecule has 1 atom stereocenters. The van der Waals surface area contributed by atoms with E-state index in [-0.39, 0.29) is 0 Å². The van der Waals surface area contributed by atoms with Crippen LogP contribution < -0.4 is 0 Å². The summed E-state index contributed by atoms with van der Waals surface area (Å²) in [4.78, 5) is 4.32. The van der Waals surface area contributed by atoms with E-state index in [4.69, 9.17) is 23.2 Å². The highest BCUT2D eigenvalue weighted by atomic mass is 35.5. The van der Waals surface area contributed by atoms with Gasteiger partial charge in [0.05, 0.1) is 21.2 Å². The number of thiazole rings is 1. The molecule has 0 aliphatic heterocycles. The van der Waals surface area contributed by atoms with Crippen LogP contribution >= 0.6 is 34.5 Å². The molecule has 0 bridgehead atoms. The summed E-state index contributed by atoms with van der Waals surface area (Å²) >= 11 is 13.3. The first kappa shape index (κ1) is 12.8. The molecule has 2 rings (SSSR count). The van der Waals surface area contributed by atoms with Crippen LogP contribution in [0.25, 0.3) is 0 Å². The molecule has 0 spiro atoms. The largest absolute Gasteiger partial charge is 0.388 e. The van der Waals surface area contributed by atoms with E-state index in [1.54, 1.807) is 29.5 Å². The van der Waals surface area contributed by atoms with Crippen molar-refractivity contribution in [3.05, 3.63) is 49.9 Å². The first-order chi connectivity index (χ1) is 8.06. The standard InChI is InChI=1S/C12H11Cl2NOS/c1-7-6-17-12(15-7)5-11(16)8-2-3-9(13)10(14)4-8/h2-4,6,11,16H,5H2,1H3. The van der Waals surface area contributed by atoms with Crippen LogP contribution in [0, 0.1) is 6.92 Å². The number of hydrogen-bond acceptors (Lipinski definition) is 3. The number of rotatable bonds is 3. The van der Waals surface area contributed by atoms with Gasteiger partial charge in [-0.05, 0) is 24.6 Å². The predicted molar refractivity (Wildman–Crippen MR) is 72.0 cm³/mol. The first-order valence-electron chi connectivity index (χ1n) is 5.10. The second-order valence-corrected chi connectivity index (χ2v) is 5.53. The molecule has 1 N–H and O–H groups in total. The summed E-state index contributed by atoms with van der Waals surface area (Å²) in [6, 6.07) is 5.16. The molecule has 1 unspecified atom stereocenters. The molecular formula is C12H11Cl2NOS. The minimum atomic E-state index is -0.602. The van der Waals surface area contributed by atoms with Gasteiger partial charge in [-0.3, -0.25) is 0 Å². The molecule has 0 saturated carbocycles. The predicted octanol–water partition coefficient (Wildman–Crippen LogP) is 4.03. The normalized spacial score (nSPS) is 12.7. The molecule has 0 fully saturated rings. The average Bonchev–Trinajstić information content (AvgIpc) is 2.68. The highest BCUT2D eigenvalue weighted by Crippen LogP contribution is 2.27. The van der Waals surface area contributed by atoms with Crippen LogP contribution in [0.1, 0.15) is 22.4 Å². The smallest absolute Gasteiger partial charge is 0.0957 e. The number of halogens is 2. The van der Waals surface area contributed by atoms with E-state index in [0.717, 1.165) is 16.3 Å². The number of hydrogen-bond donors (Lipinski definition) is 1. The summed E-state index contributed by atoms with van der Waals surface area (Å²) in [6.07, 6.45) is -0.105. The fourth-order valence-corrected chi connectivity index (χ4v) is 2.62. The van der Waals surface area contributed by atoms with Crippen molar-refractivity contribution in [1.82, 2.24) is 4.98 Å². The Morgan fingerprint density at radius 3 is 2.71 bits per heavy atom. The van der Waals surface area contributed by atoms with Crippen LogP contribution in [0.5, 0.6) is 0 Å². The molecule has 0 radical (unpaired) electrons. The van der Waals surface area contributed by atoms with Crippen molar-refractivity contribution in [2.75, 3.05) is 0 Å². The van der Waals surface area contributed by atoms with E-state index in [0.29, 0.717) is 16.5 Å². The summed E-state index contributed by atoms with van der Waals surface area (Å²) in [5.41, 5.74) is 1.73. The van der Waals surface area contributed by atoms with Crippen LogP contribution in [0.4, 0.5) is 0 Å². The zero-order chi connectivity index (χ0) is 12.4. The average molecular weight is 288 g/mol. The van der Waals surface area contributed by atoms with Gasteiger partial charge in [-0.1, -0.05) is 29.3 Å². The van der Waals surface area contributed by atoms with Gasteiger partial charge in [0.25, 0.3) is 0 Å². The molecule has 1 aromatic carbocycles. The Bertz CT molecular complexity index is 527. The van der Waals surface area contributed by atoms with Crippen LogP contribution in [-0.4, -0.2) is 10.1 Å². The van der Waals surface area contributed by atoms with Gasteiger partial charge in [0.2, 0.25) is 0 Å². The highest BCUT2D eigenvalue weighted by molar-refractivity contribution is 7.09. The minimum Gasteiger partial charge on any atom is -0.388 e. The summed E-state index contributed by atoms with van der Waals surface area (Å²) in [5.74, 6) is 0. The van der Waals surface area contributed by atoms with Crippen LogP contribution in [-0.2, 0) is 6.42 Å². The van der Waals surface area contributed by atoms with Gasteiger partial charge in [0.15, 0.2) is 0 Å². The van der Waals surface area contributed by atoms with E-state index in [2.05, 4.69) is 4.98 Å². The lowest BCUT2D eigenvalue weighted by Gasteiger charge is -2.10. The van der Waals surface area contributed by atoms with Crippen molar-refractivity contribution in [2.24, 2.45) is 0 Å². The van der Waals surface area contributed by atoms with Gasteiger partial charge in [0, 0.05) is 17.5 Å². The number of nitrogens with zero attached hydrogens (tertiary/aromatic N) is 1. The molecule has 2 nitrogen and oxygen atoms in total. The van der Waals surface area contributed by atoms with E-state index in [1.807, 2.05) is 12.3 Å². The third-order valence-corrected chi connectivity index (χ3v) is 4.09. The lowest BCUT2D eigenvalue weighted by atomic mass is 10.1. The van der Waals surface area contributed by atoms with Crippen molar-refractivity contribution in [2.45, 2.75) is 19.4 Å². The van der Waals surface area contributed by atoms with Crippen LogP contribution in [0.2, 0.25) is 10.0 Å². The monoisotopic (exact) mass is 287 g/mol. The van der Waals surface area contributed by atoms with Gasteiger partial charge < -0.3 is 5.11 Å². The molecule has 90 valence electrons. The first-order valence-corrected chi connectivity index (χ1v) is 6.74. The molecule has 17 heavy (non-hydrogen) atoms. The Hall–Kier alpha value is -0.610. The maximum Gasteiger partial charge on any atom is 0.0957 e. The quantitative estimate of drug-likeness (QED) is 0.924. The van der Waals surface area contributed by atoms with Gasteiger partial charge >= 0.3 is 0 Å². The topological polar surface area (TPSA) is 33.1 Å². The lowest BCUT2D eigenvalue weighted by molar-refractivity contribution is 0.178. The molecule has 0 amide bonds. The maximum atomic E-state index is 10.1. The SMILES string of the molecule is Cc1csc(CC(O)c2ccc(Cl)c(Cl)c2)n1. The van der Waals surface area contributed by atoms with E-state index in [1.165, 1.54) is 0 Å². The summed E-state index contributed by atoms with van der Waals surface area (Å²) < 4.78 is 0. The van der Waals surface area contributed by atoms with Crippen molar-refractivity contribution < 1.29 is 5.11 Å². The van der Waals surface area contributed by atoms with Crippen molar-refractivity contribution >= 4 is 34.5 Å². The number of benzene rings is 1. The molecule has 5 heteroatoms. The Kier molecular flexibility index (Phi) is 4.05. The van der Waals surface area contributed by atoms with Crippen LogP contribution in [0.15, 0.2) is 23.6 Å².